The quantitative estimate of drug-likeness (QED) is 0.571. The van der Waals surface area contributed by atoms with Crippen molar-refractivity contribution in [2.45, 2.75) is 31.6 Å². The molecule has 2 heterocycles. The molecule has 3 nitrogen and oxygen atoms in total. The van der Waals surface area contributed by atoms with Gasteiger partial charge in [0.2, 0.25) is 0 Å². The molecule has 0 saturated carbocycles. The Bertz CT molecular complexity index is 806. The lowest BCUT2D eigenvalue weighted by atomic mass is 9.77. The Balaban J connectivity index is 1.87. The van der Waals surface area contributed by atoms with Gasteiger partial charge in [0.25, 0.3) is 0 Å². The highest BCUT2D eigenvalue weighted by Crippen LogP contribution is 2.45. The van der Waals surface area contributed by atoms with E-state index in [0.29, 0.717) is 19.0 Å². The number of hydroxylamine groups is 2. The maximum atomic E-state index is 9.78. The molecule has 2 aromatic rings. The summed E-state index contributed by atoms with van der Waals surface area (Å²) in [6, 6.07) is 6.31. The fourth-order valence-corrected chi connectivity index (χ4v) is 5.75. The average molecular weight is 487 g/mol. The second-order valence-corrected chi connectivity index (χ2v) is 9.13. The summed E-state index contributed by atoms with van der Waals surface area (Å²) in [5.41, 5.74) is 5.13. The van der Waals surface area contributed by atoms with Crippen molar-refractivity contribution in [2.75, 3.05) is 13.1 Å². The molecule has 0 bridgehead atoms. The first-order valence-corrected chi connectivity index (χ1v) is 10.6. The maximum absolute atomic E-state index is 9.78. The minimum atomic E-state index is 0.237. The van der Waals surface area contributed by atoms with Crippen LogP contribution in [0.4, 0.5) is 0 Å². The first-order chi connectivity index (χ1) is 12.0. The Morgan fingerprint density at radius 1 is 1.08 bits per heavy atom. The molecular formula is C19H19Br2ClN2O. The number of halogens is 3. The standard InChI is InChI=1S/C19H19Br2ClN2O/c20-14-7-13-2-1-12-8-15(22)9-16(21)17(12)18(19(13)23-10-14)11-3-5-24(25)6-4-11/h7-11,18,25H,1-6H2/t18-/m1/s1. The van der Waals surface area contributed by atoms with Crippen LogP contribution >= 0.6 is 43.5 Å². The van der Waals surface area contributed by atoms with Crippen LogP contribution in [0, 0.1) is 5.92 Å². The topological polar surface area (TPSA) is 36.4 Å². The molecular weight excluding hydrogens is 467 g/mol. The largest absolute Gasteiger partial charge is 0.314 e. The van der Waals surface area contributed by atoms with Crippen LogP contribution in [-0.2, 0) is 12.8 Å². The molecule has 1 N–H and O–H groups in total. The normalized spacial score (nSPS) is 21.5. The Kier molecular flexibility index (Phi) is 5.22. The van der Waals surface area contributed by atoms with E-state index in [0.717, 1.165) is 39.7 Å². The highest BCUT2D eigenvalue weighted by Gasteiger charge is 2.35. The van der Waals surface area contributed by atoms with Gasteiger partial charge >= 0.3 is 0 Å². The van der Waals surface area contributed by atoms with E-state index in [-0.39, 0.29) is 5.92 Å². The summed E-state index contributed by atoms with van der Waals surface area (Å²) in [5.74, 6) is 0.700. The molecule has 1 aromatic carbocycles. The number of pyridine rings is 1. The minimum Gasteiger partial charge on any atom is -0.314 e. The van der Waals surface area contributed by atoms with Crippen molar-refractivity contribution >= 4 is 43.5 Å². The zero-order chi connectivity index (χ0) is 17.6. The summed E-state index contributed by atoms with van der Waals surface area (Å²) in [5, 5.41) is 12.0. The van der Waals surface area contributed by atoms with E-state index in [1.165, 1.54) is 27.4 Å². The van der Waals surface area contributed by atoms with E-state index in [1.54, 1.807) is 0 Å². The van der Waals surface area contributed by atoms with Gasteiger partial charge in [0.1, 0.15) is 0 Å². The summed E-state index contributed by atoms with van der Waals surface area (Å²) in [6.45, 7) is 1.43. The highest BCUT2D eigenvalue weighted by atomic mass is 79.9. The predicted molar refractivity (Wildman–Crippen MR) is 106 cm³/mol. The second kappa shape index (κ2) is 7.28. The van der Waals surface area contributed by atoms with E-state index in [4.69, 9.17) is 16.6 Å². The van der Waals surface area contributed by atoms with Gasteiger partial charge in [0, 0.05) is 39.2 Å². The summed E-state index contributed by atoms with van der Waals surface area (Å²) in [4.78, 5) is 4.84. The Labute approximate surface area is 169 Å². The number of hydrogen-bond donors (Lipinski definition) is 1. The van der Waals surface area contributed by atoms with Gasteiger partial charge in [-0.2, -0.15) is 5.06 Å². The number of benzene rings is 1. The number of aromatic nitrogens is 1. The molecule has 4 rings (SSSR count). The maximum Gasteiger partial charge on any atom is 0.0514 e. The van der Waals surface area contributed by atoms with Gasteiger partial charge in [-0.3, -0.25) is 4.98 Å². The third kappa shape index (κ3) is 3.54. The molecule has 132 valence electrons. The van der Waals surface area contributed by atoms with Crippen molar-refractivity contribution in [1.82, 2.24) is 10.0 Å². The number of nitrogens with zero attached hydrogens (tertiary/aromatic N) is 2. The van der Waals surface area contributed by atoms with Gasteiger partial charge in [0.05, 0.1) is 5.69 Å². The van der Waals surface area contributed by atoms with E-state index in [9.17, 15) is 5.21 Å². The van der Waals surface area contributed by atoms with E-state index in [2.05, 4.69) is 44.0 Å². The van der Waals surface area contributed by atoms with Gasteiger partial charge in [-0.25, -0.2) is 0 Å². The van der Waals surface area contributed by atoms with Crippen LogP contribution in [0.25, 0.3) is 0 Å². The second-order valence-electron chi connectivity index (χ2n) is 6.93. The molecule has 6 heteroatoms. The third-order valence-electron chi connectivity index (χ3n) is 5.40. The van der Waals surface area contributed by atoms with Gasteiger partial charge < -0.3 is 5.21 Å². The van der Waals surface area contributed by atoms with E-state index < -0.39 is 0 Å². The molecule has 25 heavy (non-hydrogen) atoms. The molecule has 1 aliphatic carbocycles. The summed E-state index contributed by atoms with van der Waals surface area (Å²) >= 11 is 13.7. The fraction of sp³-hybridized carbons (Fsp3) is 0.421. The van der Waals surface area contributed by atoms with Crippen LogP contribution in [0.1, 0.15) is 41.1 Å². The first kappa shape index (κ1) is 17.9. The number of piperidine rings is 1. The van der Waals surface area contributed by atoms with Crippen LogP contribution in [0.5, 0.6) is 0 Å². The molecule has 0 radical (unpaired) electrons. The zero-order valence-electron chi connectivity index (χ0n) is 13.7. The molecule has 0 spiro atoms. The number of hydrogen-bond acceptors (Lipinski definition) is 3. The van der Waals surface area contributed by atoms with Gasteiger partial charge in [-0.15, -0.1) is 0 Å². The third-order valence-corrected chi connectivity index (χ3v) is 6.71. The summed E-state index contributed by atoms with van der Waals surface area (Å²) in [6.07, 6.45) is 5.77. The highest BCUT2D eigenvalue weighted by molar-refractivity contribution is 9.10. The van der Waals surface area contributed by atoms with Crippen molar-refractivity contribution in [3.63, 3.8) is 0 Å². The summed E-state index contributed by atoms with van der Waals surface area (Å²) < 4.78 is 2.10. The molecule has 0 amide bonds. The molecule has 0 unspecified atom stereocenters. The molecule has 1 saturated heterocycles. The fourth-order valence-electron chi connectivity index (χ4n) is 4.25. The predicted octanol–water partition coefficient (Wildman–Crippen LogP) is 5.59. The zero-order valence-corrected chi connectivity index (χ0v) is 17.6. The van der Waals surface area contributed by atoms with Gasteiger partial charge in [0.15, 0.2) is 0 Å². The Morgan fingerprint density at radius 3 is 2.56 bits per heavy atom. The number of fused-ring (bicyclic) bond motifs is 2. The Hall–Kier alpha value is -0.460. The molecule has 2 aliphatic rings. The van der Waals surface area contributed by atoms with Gasteiger partial charge in [-0.1, -0.05) is 27.5 Å². The minimum absolute atomic E-state index is 0.237. The summed E-state index contributed by atoms with van der Waals surface area (Å²) in [7, 11) is 0. The molecule has 1 aliphatic heterocycles. The van der Waals surface area contributed by atoms with Crippen molar-refractivity contribution in [2.24, 2.45) is 5.92 Å². The van der Waals surface area contributed by atoms with E-state index in [1.807, 2.05) is 12.3 Å². The smallest absolute Gasteiger partial charge is 0.0514 e. The van der Waals surface area contributed by atoms with Crippen LogP contribution in [0.15, 0.2) is 33.3 Å². The SMILES string of the molecule is ON1CCC([C@H]2c3ncc(Br)cc3CCc3cc(Cl)cc(Br)c32)CC1. The molecule has 1 atom stereocenters. The first-order valence-electron chi connectivity index (χ1n) is 8.59. The van der Waals surface area contributed by atoms with Crippen LogP contribution in [0.2, 0.25) is 5.02 Å². The van der Waals surface area contributed by atoms with Gasteiger partial charge in [-0.05, 0) is 82.4 Å². The van der Waals surface area contributed by atoms with Crippen molar-refractivity contribution in [1.29, 1.82) is 0 Å². The van der Waals surface area contributed by atoms with Crippen molar-refractivity contribution < 1.29 is 5.21 Å². The monoisotopic (exact) mass is 484 g/mol. The van der Waals surface area contributed by atoms with Crippen LogP contribution < -0.4 is 0 Å². The Morgan fingerprint density at radius 2 is 1.80 bits per heavy atom. The van der Waals surface area contributed by atoms with E-state index >= 15 is 0 Å². The lowest BCUT2D eigenvalue weighted by Gasteiger charge is -2.34. The molecule has 1 fully saturated rings. The lowest BCUT2D eigenvalue weighted by Crippen LogP contribution is -2.34. The van der Waals surface area contributed by atoms with Crippen molar-refractivity contribution in [3.8, 4) is 0 Å². The number of rotatable bonds is 1. The van der Waals surface area contributed by atoms with Crippen LogP contribution in [0.3, 0.4) is 0 Å². The molecule has 1 aromatic heterocycles. The average Bonchev–Trinajstić information content (AvgIpc) is 2.72. The number of aryl methyl sites for hydroxylation is 2. The van der Waals surface area contributed by atoms with Crippen molar-refractivity contribution in [3.05, 3.63) is 60.7 Å². The lowest BCUT2D eigenvalue weighted by molar-refractivity contribution is -0.113. The van der Waals surface area contributed by atoms with Crippen LogP contribution in [-0.4, -0.2) is 28.3 Å².